The molecule has 0 radical (unpaired) electrons. The fraction of sp³-hybridized carbons (Fsp3) is 0.176. The molecule has 3 heteroatoms. The van der Waals surface area contributed by atoms with E-state index in [0.717, 1.165) is 32.9 Å². The van der Waals surface area contributed by atoms with Crippen molar-refractivity contribution in [1.29, 1.82) is 0 Å². The second kappa shape index (κ2) is 5.59. The van der Waals surface area contributed by atoms with E-state index in [1.807, 2.05) is 45.0 Å². The number of aromatic hydroxyl groups is 1. The van der Waals surface area contributed by atoms with Gasteiger partial charge in [0.05, 0.1) is 0 Å². The average Bonchev–Trinajstić information content (AvgIpc) is 2.36. The number of hydrogen-bond donors (Lipinski definition) is 2. The summed E-state index contributed by atoms with van der Waals surface area (Å²) in [5.74, 6) is 0.189. The monoisotopic (exact) mass is 287 g/mol. The van der Waals surface area contributed by atoms with Crippen molar-refractivity contribution in [3.8, 4) is 5.75 Å². The first kappa shape index (κ1) is 14.5. The Morgan fingerprint density at radius 1 is 1.10 bits per heavy atom. The quantitative estimate of drug-likeness (QED) is 0.781. The SMILES string of the molecule is CC(C)=C(c1ccc(Cl)c(C)c1)c1ccc(N)cc1O. The van der Waals surface area contributed by atoms with Crippen LogP contribution in [0.25, 0.3) is 5.57 Å². The molecule has 0 aromatic heterocycles. The Bertz CT molecular complexity index is 685. The summed E-state index contributed by atoms with van der Waals surface area (Å²) < 4.78 is 0. The lowest BCUT2D eigenvalue weighted by Crippen LogP contribution is -1.94. The van der Waals surface area contributed by atoms with E-state index >= 15 is 0 Å². The topological polar surface area (TPSA) is 46.2 Å². The Morgan fingerprint density at radius 3 is 2.35 bits per heavy atom. The van der Waals surface area contributed by atoms with E-state index < -0.39 is 0 Å². The van der Waals surface area contributed by atoms with Gasteiger partial charge < -0.3 is 10.8 Å². The number of phenols is 1. The van der Waals surface area contributed by atoms with E-state index in [9.17, 15) is 5.11 Å². The highest BCUT2D eigenvalue weighted by Crippen LogP contribution is 2.35. The average molecular weight is 288 g/mol. The largest absolute Gasteiger partial charge is 0.507 e. The minimum absolute atomic E-state index is 0.189. The van der Waals surface area contributed by atoms with Crippen molar-refractivity contribution in [2.75, 3.05) is 5.73 Å². The minimum Gasteiger partial charge on any atom is -0.507 e. The minimum atomic E-state index is 0.189. The van der Waals surface area contributed by atoms with Gasteiger partial charge >= 0.3 is 0 Å². The molecule has 2 rings (SSSR count). The van der Waals surface area contributed by atoms with Crippen molar-refractivity contribution in [1.82, 2.24) is 0 Å². The molecule has 0 aliphatic heterocycles. The summed E-state index contributed by atoms with van der Waals surface area (Å²) >= 11 is 6.08. The molecule has 0 spiro atoms. The number of benzene rings is 2. The standard InChI is InChI=1S/C17H18ClNO/c1-10(2)17(12-4-7-15(18)11(3)8-12)14-6-5-13(19)9-16(14)20/h4-9,20H,19H2,1-3H3. The molecule has 104 valence electrons. The van der Waals surface area contributed by atoms with Crippen LogP contribution in [0.1, 0.15) is 30.5 Å². The predicted octanol–water partition coefficient (Wildman–Crippen LogP) is 4.78. The molecule has 0 fully saturated rings. The zero-order valence-corrected chi connectivity index (χ0v) is 12.6. The molecular weight excluding hydrogens is 270 g/mol. The van der Waals surface area contributed by atoms with Crippen LogP contribution in [0, 0.1) is 6.92 Å². The number of aryl methyl sites for hydroxylation is 1. The summed E-state index contributed by atoms with van der Waals surface area (Å²) in [5.41, 5.74) is 11.2. The molecule has 0 aliphatic rings. The van der Waals surface area contributed by atoms with Crippen molar-refractivity contribution in [3.63, 3.8) is 0 Å². The number of allylic oxidation sites excluding steroid dienone is 1. The Hall–Kier alpha value is -1.93. The molecule has 0 amide bonds. The summed E-state index contributed by atoms with van der Waals surface area (Å²) in [7, 11) is 0. The van der Waals surface area contributed by atoms with Gasteiger partial charge in [-0.25, -0.2) is 0 Å². The van der Waals surface area contributed by atoms with E-state index in [1.54, 1.807) is 12.1 Å². The van der Waals surface area contributed by atoms with E-state index in [0.29, 0.717) is 5.69 Å². The van der Waals surface area contributed by atoms with E-state index in [-0.39, 0.29) is 5.75 Å². The number of halogens is 1. The third-order valence-electron chi connectivity index (χ3n) is 3.24. The first-order chi connectivity index (χ1) is 9.40. The van der Waals surface area contributed by atoms with Gasteiger partial charge in [0, 0.05) is 22.3 Å². The molecule has 3 N–H and O–H groups in total. The number of phenolic OH excluding ortho intramolecular Hbond substituents is 1. The smallest absolute Gasteiger partial charge is 0.125 e. The normalized spacial score (nSPS) is 10.4. The highest BCUT2D eigenvalue weighted by Gasteiger charge is 2.12. The maximum Gasteiger partial charge on any atom is 0.125 e. The molecule has 0 heterocycles. The van der Waals surface area contributed by atoms with Crippen LogP contribution >= 0.6 is 11.6 Å². The van der Waals surface area contributed by atoms with Gasteiger partial charge in [0.25, 0.3) is 0 Å². The fourth-order valence-corrected chi connectivity index (χ4v) is 2.39. The maximum absolute atomic E-state index is 10.2. The third-order valence-corrected chi connectivity index (χ3v) is 3.66. The Balaban J connectivity index is 2.64. The van der Waals surface area contributed by atoms with Gasteiger partial charge in [0.15, 0.2) is 0 Å². The lowest BCUT2D eigenvalue weighted by molar-refractivity contribution is 0.474. The van der Waals surface area contributed by atoms with Gasteiger partial charge in [-0.15, -0.1) is 0 Å². The molecule has 0 bridgehead atoms. The molecule has 0 aliphatic carbocycles. The summed E-state index contributed by atoms with van der Waals surface area (Å²) in [6.45, 7) is 6.02. The van der Waals surface area contributed by atoms with E-state index in [4.69, 9.17) is 17.3 Å². The van der Waals surface area contributed by atoms with Crippen LogP contribution in [0.15, 0.2) is 42.0 Å². The predicted molar refractivity (Wildman–Crippen MR) is 86.1 cm³/mol. The van der Waals surface area contributed by atoms with Crippen LogP contribution in [0.2, 0.25) is 5.02 Å². The Morgan fingerprint density at radius 2 is 1.80 bits per heavy atom. The second-order valence-electron chi connectivity index (χ2n) is 5.12. The lowest BCUT2D eigenvalue weighted by atomic mass is 9.92. The highest BCUT2D eigenvalue weighted by atomic mass is 35.5. The molecule has 0 saturated carbocycles. The van der Waals surface area contributed by atoms with Gasteiger partial charge in [-0.3, -0.25) is 0 Å². The van der Waals surface area contributed by atoms with Gasteiger partial charge in [-0.1, -0.05) is 23.2 Å². The van der Waals surface area contributed by atoms with Crippen LogP contribution in [0.4, 0.5) is 5.69 Å². The first-order valence-corrected chi connectivity index (χ1v) is 6.81. The van der Waals surface area contributed by atoms with Crippen LogP contribution in [-0.2, 0) is 0 Å². The van der Waals surface area contributed by atoms with Gasteiger partial charge in [0.1, 0.15) is 5.75 Å². The number of rotatable bonds is 2. The molecule has 2 nitrogen and oxygen atoms in total. The highest BCUT2D eigenvalue weighted by molar-refractivity contribution is 6.31. The molecule has 0 unspecified atom stereocenters. The summed E-state index contributed by atoms with van der Waals surface area (Å²) in [6.07, 6.45) is 0. The number of nitrogens with two attached hydrogens (primary N) is 1. The number of nitrogen functional groups attached to an aromatic ring is 1. The zero-order chi connectivity index (χ0) is 14.9. The molecule has 0 saturated heterocycles. The molecule has 2 aromatic rings. The number of hydrogen-bond acceptors (Lipinski definition) is 2. The van der Waals surface area contributed by atoms with Crippen LogP contribution in [0.5, 0.6) is 5.75 Å². The van der Waals surface area contributed by atoms with Gasteiger partial charge in [-0.05, 0) is 61.7 Å². The molecule has 0 atom stereocenters. The third kappa shape index (κ3) is 2.81. The summed E-state index contributed by atoms with van der Waals surface area (Å²) in [6, 6.07) is 11.1. The van der Waals surface area contributed by atoms with Crippen LogP contribution in [-0.4, -0.2) is 5.11 Å². The van der Waals surface area contributed by atoms with Crippen molar-refractivity contribution < 1.29 is 5.11 Å². The van der Waals surface area contributed by atoms with Gasteiger partial charge in [-0.2, -0.15) is 0 Å². The van der Waals surface area contributed by atoms with Crippen LogP contribution in [0.3, 0.4) is 0 Å². The van der Waals surface area contributed by atoms with Crippen molar-refractivity contribution in [2.45, 2.75) is 20.8 Å². The van der Waals surface area contributed by atoms with Crippen molar-refractivity contribution in [2.24, 2.45) is 0 Å². The zero-order valence-electron chi connectivity index (χ0n) is 11.9. The first-order valence-electron chi connectivity index (χ1n) is 6.43. The summed E-state index contributed by atoms with van der Waals surface area (Å²) in [5, 5.41) is 10.9. The van der Waals surface area contributed by atoms with E-state index in [1.165, 1.54) is 0 Å². The van der Waals surface area contributed by atoms with Crippen LogP contribution < -0.4 is 5.73 Å². The van der Waals surface area contributed by atoms with Crippen molar-refractivity contribution in [3.05, 3.63) is 63.7 Å². The lowest BCUT2D eigenvalue weighted by Gasteiger charge is -2.14. The Kier molecular flexibility index (Phi) is 4.05. The molecular formula is C17H18ClNO. The van der Waals surface area contributed by atoms with E-state index in [2.05, 4.69) is 0 Å². The van der Waals surface area contributed by atoms with Gasteiger partial charge in [0.2, 0.25) is 0 Å². The molecule has 2 aromatic carbocycles. The second-order valence-corrected chi connectivity index (χ2v) is 5.52. The number of anilines is 1. The molecule has 20 heavy (non-hydrogen) atoms. The summed E-state index contributed by atoms with van der Waals surface area (Å²) in [4.78, 5) is 0. The van der Waals surface area contributed by atoms with Crippen molar-refractivity contribution >= 4 is 22.9 Å². The fourth-order valence-electron chi connectivity index (χ4n) is 2.27. The maximum atomic E-state index is 10.2. The Labute approximate surface area is 124 Å².